The molecule has 1 heterocycles. The number of carboxylic acids is 1. The molecule has 3 N–H and O–H groups in total. The Labute approximate surface area is 119 Å². The SMILES string of the molecule is Cc1oc(CNCC2(CO)CCCCC2)cc1C(=O)O. The van der Waals surface area contributed by atoms with E-state index in [0.29, 0.717) is 18.1 Å². The summed E-state index contributed by atoms with van der Waals surface area (Å²) in [4.78, 5) is 10.9. The number of aliphatic hydroxyl groups is 1. The standard InChI is InChI=1S/C15H23NO4/c1-11-13(14(18)19)7-12(20-11)8-16-9-15(10-17)5-3-2-4-6-15/h7,16-17H,2-6,8-10H2,1H3,(H,18,19). The highest BCUT2D eigenvalue weighted by molar-refractivity contribution is 5.88. The Hall–Kier alpha value is -1.33. The zero-order chi connectivity index (χ0) is 14.6. The van der Waals surface area contributed by atoms with Crippen LogP contribution in [0.4, 0.5) is 0 Å². The van der Waals surface area contributed by atoms with E-state index in [-0.39, 0.29) is 17.6 Å². The van der Waals surface area contributed by atoms with Gasteiger partial charge in [-0.1, -0.05) is 19.3 Å². The Morgan fingerprint density at radius 1 is 1.40 bits per heavy atom. The lowest BCUT2D eigenvalue weighted by Gasteiger charge is -2.35. The molecule has 1 saturated carbocycles. The van der Waals surface area contributed by atoms with Gasteiger partial charge in [-0.05, 0) is 25.8 Å². The van der Waals surface area contributed by atoms with Gasteiger partial charge in [0.1, 0.15) is 17.1 Å². The van der Waals surface area contributed by atoms with E-state index in [0.717, 1.165) is 19.4 Å². The van der Waals surface area contributed by atoms with Gasteiger partial charge in [0.05, 0.1) is 6.54 Å². The monoisotopic (exact) mass is 281 g/mol. The van der Waals surface area contributed by atoms with Crippen molar-refractivity contribution < 1.29 is 19.4 Å². The number of carbonyl (C=O) groups is 1. The summed E-state index contributed by atoms with van der Waals surface area (Å²) in [5.41, 5.74) is 0.200. The van der Waals surface area contributed by atoms with Crippen molar-refractivity contribution >= 4 is 5.97 Å². The smallest absolute Gasteiger partial charge is 0.339 e. The van der Waals surface area contributed by atoms with E-state index >= 15 is 0 Å². The average Bonchev–Trinajstić information content (AvgIpc) is 2.81. The highest BCUT2D eigenvalue weighted by Crippen LogP contribution is 2.35. The molecule has 0 saturated heterocycles. The first kappa shape index (κ1) is 15.1. The van der Waals surface area contributed by atoms with Gasteiger partial charge < -0.3 is 19.9 Å². The van der Waals surface area contributed by atoms with Crippen molar-refractivity contribution in [3.05, 3.63) is 23.2 Å². The van der Waals surface area contributed by atoms with Crippen LogP contribution in [0.25, 0.3) is 0 Å². The Kier molecular flexibility index (Phi) is 4.83. The molecule has 1 aromatic heterocycles. The zero-order valence-electron chi connectivity index (χ0n) is 11.9. The van der Waals surface area contributed by atoms with E-state index in [1.165, 1.54) is 19.3 Å². The van der Waals surface area contributed by atoms with Crippen molar-refractivity contribution in [2.75, 3.05) is 13.2 Å². The van der Waals surface area contributed by atoms with Crippen molar-refractivity contribution in [1.29, 1.82) is 0 Å². The Bertz CT molecular complexity index is 460. The summed E-state index contributed by atoms with van der Waals surface area (Å²) in [6.07, 6.45) is 5.69. The fourth-order valence-electron chi connectivity index (χ4n) is 2.99. The van der Waals surface area contributed by atoms with Gasteiger partial charge >= 0.3 is 5.97 Å². The minimum atomic E-state index is -0.961. The molecule has 112 valence electrons. The number of aromatic carboxylic acids is 1. The van der Waals surface area contributed by atoms with E-state index in [4.69, 9.17) is 9.52 Å². The molecule has 20 heavy (non-hydrogen) atoms. The number of aliphatic hydroxyl groups excluding tert-OH is 1. The molecule has 5 heteroatoms. The van der Waals surface area contributed by atoms with Gasteiger partial charge in [0.25, 0.3) is 0 Å². The normalized spacial score (nSPS) is 18.1. The lowest BCUT2D eigenvalue weighted by Crippen LogP contribution is -2.38. The quantitative estimate of drug-likeness (QED) is 0.745. The molecule has 1 fully saturated rings. The average molecular weight is 281 g/mol. The molecule has 0 aromatic carbocycles. The molecule has 1 aliphatic carbocycles. The lowest BCUT2D eigenvalue weighted by molar-refractivity contribution is 0.0695. The second-order valence-electron chi connectivity index (χ2n) is 5.81. The topological polar surface area (TPSA) is 82.7 Å². The molecular formula is C15H23NO4. The van der Waals surface area contributed by atoms with Crippen LogP contribution in [0.2, 0.25) is 0 Å². The van der Waals surface area contributed by atoms with Crippen LogP contribution < -0.4 is 5.32 Å². The molecule has 0 radical (unpaired) electrons. The van der Waals surface area contributed by atoms with Gasteiger partial charge in [-0.3, -0.25) is 0 Å². The van der Waals surface area contributed by atoms with E-state index in [1.54, 1.807) is 13.0 Å². The third-order valence-electron chi connectivity index (χ3n) is 4.25. The highest BCUT2D eigenvalue weighted by atomic mass is 16.4. The summed E-state index contributed by atoms with van der Waals surface area (Å²) in [7, 11) is 0. The molecule has 2 rings (SSSR count). The number of hydrogen-bond donors (Lipinski definition) is 3. The molecule has 1 aromatic rings. The van der Waals surface area contributed by atoms with Crippen molar-refractivity contribution in [2.45, 2.75) is 45.6 Å². The van der Waals surface area contributed by atoms with Gasteiger partial charge in [0.15, 0.2) is 0 Å². The fraction of sp³-hybridized carbons (Fsp3) is 0.667. The third-order valence-corrected chi connectivity index (χ3v) is 4.25. The van der Waals surface area contributed by atoms with Gasteiger partial charge in [0.2, 0.25) is 0 Å². The molecule has 0 atom stereocenters. The number of carboxylic acid groups (broad SMARTS) is 1. The van der Waals surface area contributed by atoms with Gasteiger partial charge in [-0.2, -0.15) is 0 Å². The van der Waals surface area contributed by atoms with Crippen molar-refractivity contribution in [2.24, 2.45) is 5.41 Å². The predicted molar refractivity (Wildman–Crippen MR) is 74.7 cm³/mol. The molecule has 5 nitrogen and oxygen atoms in total. The van der Waals surface area contributed by atoms with Crippen LogP contribution in [-0.2, 0) is 6.54 Å². The highest BCUT2D eigenvalue weighted by Gasteiger charge is 2.30. The van der Waals surface area contributed by atoms with Crippen LogP contribution in [0, 0.1) is 12.3 Å². The van der Waals surface area contributed by atoms with Crippen molar-refractivity contribution in [1.82, 2.24) is 5.32 Å². The molecule has 0 unspecified atom stereocenters. The minimum Gasteiger partial charge on any atom is -0.478 e. The Balaban J connectivity index is 1.89. The second kappa shape index (κ2) is 6.41. The van der Waals surface area contributed by atoms with Crippen LogP contribution >= 0.6 is 0 Å². The Morgan fingerprint density at radius 3 is 2.65 bits per heavy atom. The van der Waals surface area contributed by atoms with Crippen molar-refractivity contribution in [3.8, 4) is 0 Å². The minimum absolute atomic E-state index is 0.0183. The molecule has 0 spiro atoms. The van der Waals surface area contributed by atoms with Crippen LogP contribution in [0.1, 0.15) is 54.0 Å². The van der Waals surface area contributed by atoms with E-state index < -0.39 is 5.97 Å². The number of furan rings is 1. The van der Waals surface area contributed by atoms with Crippen molar-refractivity contribution in [3.63, 3.8) is 0 Å². The van der Waals surface area contributed by atoms with Crippen LogP contribution in [0.3, 0.4) is 0 Å². The molecule has 0 aliphatic heterocycles. The maximum atomic E-state index is 10.9. The second-order valence-corrected chi connectivity index (χ2v) is 5.81. The molecule has 0 amide bonds. The summed E-state index contributed by atoms with van der Waals surface area (Å²) in [5.74, 6) is 0.101. The predicted octanol–water partition coefficient (Wildman–Crippen LogP) is 2.32. The van der Waals surface area contributed by atoms with Gasteiger partial charge in [-0.25, -0.2) is 4.79 Å². The molecule has 1 aliphatic rings. The van der Waals surface area contributed by atoms with Gasteiger partial charge in [-0.15, -0.1) is 0 Å². The largest absolute Gasteiger partial charge is 0.478 e. The lowest BCUT2D eigenvalue weighted by atomic mass is 9.74. The number of nitrogens with one attached hydrogen (secondary N) is 1. The molecular weight excluding hydrogens is 258 g/mol. The first-order valence-electron chi connectivity index (χ1n) is 7.20. The summed E-state index contributed by atoms with van der Waals surface area (Å²) >= 11 is 0. The van der Waals surface area contributed by atoms with Crippen LogP contribution in [0.5, 0.6) is 0 Å². The summed E-state index contributed by atoms with van der Waals surface area (Å²) in [6, 6.07) is 1.57. The first-order chi connectivity index (χ1) is 9.56. The number of rotatable bonds is 6. The maximum Gasteiger partial charge on any atom is 0.339 e. The van der Waals surface area contributed by atoms with E-state index in [1.807, 2.05) is 0 Å². The number of hydrogen-bond acceptors (Lipinski definition) is 4. The molecule has 0 bridgehead atoms. The number of aryl methyl sites for hydroxylation is 1. The maximum absolute atomic E-state index is 10.9. The summed E-state index contributed by atoms with van der Waals surface area (Å²) in [5, 5.41) is 21.9. The van der Waals surface area contributed by atoms with Crippen LogP contribution in [-0.4, -0.2) is 29.3 Å². The van der Waals surface area contributed by atoms with E-state index in [9.17, 15) is 9.90 Å². The van der Waals surface area contributed by atoms with E-state index in [2.05, 4.69) is 5.32 Å². The first-order valence-corrected chi connectivity index (χ1v) is 7.20. The van der Waals surface area contributed by atoms with Gasteiger partial charge in [0, 0.05) is 18.6 Å². The summed E-state index contributed by atoms with van der Waals surface area (Å²) < 4.78 is 5.43. The summed E-state index contributed by atoms with van der Waals surface area (Å²) in [6.45, 7) is 3.10. The van der Waals surface area contributed by atoms with Crippen LogP contribution in [0.15, 0.2) is 10.5 Å². The third kappa shape index (κ3) is 3.41. The zero-order valence-corrected chi connectivity index (χ0v) is 11.9. The fourth-order valence-corrected chi connectivity index (χ4v) is 2.99. The Morgan fingerprint density at radius 2 is 2.10 bits per heavy atom.